The molecule has 0 N–H and O–H groups in total. The molecule has 0 saturated heterocycles. The van der Waals surface area contributed by atoms with E-state index in [-0.39, 0.29) is 0 Å². The van der Waals surface area contributed by atoms with Crippen LogP contribution in [0.25, 0.3) is 85.9 Å². The number of hydrogen-bond acceptors (Lipinski definition) is 3. The Morgan fingerprint density at radius 3 is 1.79 bits per heavy atom. The van der Waals surface area contributed by atoms with Gasteiger partial charge in [0.1, 0.15) is 11.2 Å². The van der Waals surface area contributed by atoms with Crippen molar-refractivity contribution in [3.05, 3.63) is 188 Å². The minimum Gasteiger partial charge on any atom is -0.456 e. The lowest BCUT2D eigenvalue weighted by Crippen LogP contribution is -2.09. The average molecular weight is 694 g/mol. The molecule has 0 aliphatic carbocycles. The molecule has 2 nitrogen and oxygen atoms in total. The molecule has 2 heterocycles. The summed E-state index contributed by atoms with van der Waals surface area (Å²) in [6.07, 6.45) is 0. The maximum atomic E-state index is 6.22. The van der Waals surface area contributed by atoms with Crippen molar-refractivity contribution >= 4 is 92.1 Å². The zero-order valence-electron chi connectivity index (χ0n) is 28.7. The molecule has 0 aliphatic rings. The Morgan fingerprint density at radius 2 is 0.981 bits per heavy atom. The summed E-state index contributed by atoms with van der Waals surface area (Å²) in [4.78, 5) is 2.35. The second kappa shape index (κ2) is 11.9. The van der Waals surface area contributed by atoms with E-state index in [4.69, 9.17) is 4.42 Å². The molecule has 11 rings (SSSR count). The monoisotopic (exact) mass is 693 g/mol. The number of nitrogens with zero attached hydrogens (tertiary/aromatic N) is 1. The van der Waals surface area contributed by atoms with Crippen LogP contribution in [-0.4, -0.2) is 0 Å². The van der Waals surface area contributed by atoms with Gasteiger partial charge >= 0.3 is 0 Å². The Kier molecular flexibility index (Phi) is 6.76. The van der Waals surface area contributed by atoms with Crippen molar-refractivity contribution in [2.75, 3.05) is 4.90 Å². The van der Waals surface area contributed by atoms with E-state index in [1.165, 1.54) is 64.0 Å². The van der Waals surface area contributed by atoms with Gasteiger partial charge in [-0.15, -0.1) is 11.3 Å². The fraction of sp³-hybridized carbons (Fsp3) is 0. The van der Waals surface area contributed by atoms with Gasteiger partial charge in [0.15, 0.2) is 0 Å². The molecular formula is C50H31NOS. The predicted molar refractivity (Wildman–Crippen MR) is 227 cm³/mol. The summed E-state index contributed by atoms with van der Waals surface area (Å²) in [5.74, 6) is 0. The Bertz CT molecular complexity index is 3160. The Balaban J connectivity index is 1.01. The minimum absolute atomic E-state index is 0.890. The molecule has 9 aromatic carbocycles. The lowest BCUT2D eigenvalue weighted by Gasteiger charge is -2.26. The van der Waals surface area contributed by atoms with Gasteiger partial charge in [-0.3, -0.25) is 0 Å². The van der Waals surface area contributed by atoms with Crippen LogP contribution in [0, 0.1) is 0 Å². The maximum Gasteiger partial charge on any atom is 0.135 e. The molecule has 248 valence electrons. The van der Waals surface area contributed by atoms with Crippen LogP contribution in [0.1, 0.15) is 0 Å². The van der Waals surface area contributed by atoms with E-state index < -0.39 is 0 Å². The van der Waals surface area contributed by atoms with Crippen molar-refractivity contribution in [3.63, 3.8) is 0 Å². The summed E-state index contributed by atoms with van der Waals surface area (Å²) in [6.45, 7) is 0. The molecule has 0 radical (unpaired) electrons. The molecule has 0 atom stereocenters. The first kappa shape index (κ1) is 30.0. The van der Waals surface area contributed by atoms with E-state index in [0.29, 0.717) is 0 Å². The normalized spacial score (nSPS) is 11.8. The Hall–Kier alpha value is -6.68. The summed E-state index contributed by atoms with van der Waals surface area (Å²) < 4.78 is 8.86. The quantitative estimate of drug-likeness (QED) is 0.178. The molecule has 0 bridgehead atoms. The van der Waals surface area contributed by atoms with Crippen molar-refractivity contribution in [1.29, 1.82) is 0 Å². The third-order valence-corrected chi connectivity index (χ3v) is 11.8. The first-order valence-electron chi connectivity index (χ1n) is 18.0. The highest BCUT2D eigenvalue weighted by Gasteiger charge is 2.17. The zero-order valence-corrected chi connectivity index (χ0v) is 29.5. The van der Waals surface area contributed by atoms with Gasteiger partial charge in [-0.05, 0) is 104 Å². The number of para-hydroxylation sites is 1. The molecule has 53 heavy (non-hydrogen) atoms. The van der Waals surface area contributed by atoms with Crippen LogP contribution in [0.4, 0.5) is 17.1 Å². The molecule has 0 saturated carbocycles. The van der Waals surface area contributed by atoms with Gasteiger partial charge in [0.05, 0.1) is 0 Å². The molecule has 0 spiro atoms. The molecular weight excluding hydrogens is 663 g/mol. The van der Waals surface area contributed by atoms with Crippen LogP contribution in [0.3, 0.4) is 0 Å². The standard InChI is InChI=1S/C50H31NOS/c1-3-11-40-33(8-1)10-7-14-41(40)35-18-24-38(25-19-35)51(39-26-28-47-45(31-39)43-13-5-6-15-46(43)52-47)37-22-16-32(17-23-37)36-20-27-44-49(30-36)53-48-29-21-34-9-2-4-12-42(34)50(44)48/h1-31H. The number of hydrogen-bond donors (Lipinski definition) is 0. The van der Waals surface area contributed by atoms with Gasteiger partial charge in [0, 0.05) is 48.0 Å². The van der Waals surface area contributed by atoms with Crippen molar-refractivity contribution in [2.45, 2.75) is 0 Å². The van der Waals surface area contributed by atoms with Crippen LogP contribution >= 0.6 is 11.3 Å². The average Bonchev–Trinajstić information content (AvgIpc) is 3.79. The van der Waals surface area contributed by atoms with E-state index in [0.717, 1.165) is 39.0 Å². The molecule has 0 amide bonds. The Labute approximate surface area is 310 Å². The van der Waals surface area contributed by atoms with Gasteiger partial charge in [-0.2, -0.15) is 0 Å². The summed E-state index contributed by atoms with van der Waals surface area (Å²) in [7, 11) is 0. The van der Waals surface area contributed by atoms with Gasteiger partial charge in [-0.25, -0.2) is 0 Å². The van der Waals surface area contributed by atoms with E-state index in [1.54, 1.807) is 0 Å². The van der Waals surface area contributed by atoms with Crippen molar-refractivity contribution in [2.24, 2.45) is 0 Å². The van der Waals surface area contributed by atoms with E-state index in [9.17, 15) is 0 Å². The molecule has 0 unspecified atom stereocenters. The van der Waals surface area contributed by atoms with Crippen LogP contribution < -0.4 is 4.90 Å². The third-order valence-electron chi connectivity index (χ3n) is 10.7. The SMILES string of the molecule is c1ccc2c(-c3ccc(N(c4ccc(-c5ccc6c(c5)sc5ccc7ccccc7c56)cc4)c4ccc5oc6ccccc6c5c4)cc3)cccc2c1. The number of furan rings is 1. The summed E-state index contributed by atoms with van der Waals surface area (Å²) >= 11 is 1.87. The first-order chi connectivity index (χ1) is 26.2. The number of rotatable bonds is 5. The van der Waals surface area contributed by atoms with Crippen molar-refractivity contribution in [3.8, 4) is 22.3 Å². The lowest BCUT2D eigenvalue weighted by molar-refractivity contribution is 0.669. The van der Waals surface area contributed by atoms with Crippen molar-refractivity contribution in [1.82, 2.24) is 0 Å². The van der Waals surface area contributed by atoms with Gasteiger partial charge < -0.3 is 9.32 Å². The first-order valence-corrected chi connectivity index (χ1v) is 18.8. The largest absolute Gasteiger partial charge is 0.456 e. The second-order valence-corrected chi connectivity index (χ2v) is 14.8. The van der Waals surface area contributed by atoms with Gasteiger partial charge in [0.2, 0.25) is 0 Å². The smallest absolute Gasteiger partial charge is 0.135 e. The van der Waals surface area contributed by atoms with Gasteiger partial charge in [-0.1, -0.05) is 127 Å². The third kappa shape index (κ3) is 4.93. The maximum absolute atomic E-state index is 6.22. The molecule has 0 fully saturated rings. The molecule has 11 aromatic rings. The predicted octanol–water partition coefficient (Wildman–Crippen LogP) is 15.1. The highest BCUT2D eigenvalue weighted by molar-refractivity contribution is 7.26. The topological polar surface area (TPSA) is 16.4 Å². The van der Waals surface area contributed by atoms with Crippen LogP contribution in [0.2, 0.25) is 0 Å². The Morgan fingerprint density at radius 1 is 0.358 bits per heavy atom. The molecule has 3 heteroatoms. The van der Waals surface area contributed by atoms with Crippen LogP contribution in [-0.2, 0) is 0 Å². The highest BCUT2D eigenvalue weighted by atomic mass is 32.1. The number of thiophene rings is 1. The number of fused-ring (bicyclic) bond motifs is 9. The summed E-state index contributed by atoms with van der Waals surface area (Å²) in [5, 5.41) is 10.0. The van der Waals surface area contributed by atoms with E-state index >= 15 is 0 Å². The fourth-order valence-corrected chi connectivity index (χ4v) is 9.26. The number of benzene rings is 9. The molecule has 2 aromatic heterocycles. The second-order valence-electron chi connectivity index (χ2n) is 13.7. The van der Waals surface area contributed by atoms with E-state index in [2.05, 4.69) is 181 Å². The number of anilines is 3. The van der Waals surface area contributed by atoms with E-state index in [1.807, 2.05) is 23.5 Å². The van der Waals surface area contributed by atoms with Gasteiger partial charge in [0.25, 0.3) is 0 Å². The molecule has 0 aliphatic heterocycles. The summed E-state index contributed by atoms with van der Waals surface area (Å²) in [5.41, 5.74) is 9.90. The lowest BCUT2D eigenvalue weighted by atomic mass is 9.98. The highest BCUT2D eigenvalue weighted by Crippen LogP contribution is 2.42. The van der Waals surface area contributed by atoms with Crippen LogP contribution in [0.5, 0.6) is 0 Å². The summed E-state index contributed by atoms with van der Waals surface area (Å²) in [6, 6.07) is 68.0. The zero-order chi connectivity index (χ0) is 34.9. The van der Waals surface area contributed by atoms with Crippen molar-refractivity contribution < 1.29 is 4.42 Å². The fourth-order valence-electron chi connectivity index (χ4n) is 8.10. The minimum atomic E-state index is 0.890. The van der Waals surface area contributed by atoms with Crippen LogP contribution in [0.15, 0.2) is 192 Å².